The second-order valence-electron chi connectivity index (χ2n) is 5.63. The molecule has 1 aliphatic carbocycles. The summed E-state index contributed by atoms with van der Waals surface area (Å²) in [5, 5.41) is 4.02. The molecule has 0 unspecified atom stereocenters. The van der Waals surface area contributed by atoms with Crippen LogP contribution in [0, 0.1) is 5.41 Å². The highest BCUT2D eigenvalue weighted by Gasteiger charge is 2.32. The Kier molecular flexibility index (Phi) is 3.06. The lowest BCUT2D eigenvalue weighted by Crippen LogP contribution is -2.28. The molecule has 0 fully saturated rings. The van der Waals surface area contributed by atoms with Gasteiger partial charge in [0.2, 0.25) is 0 Å². The molecule has 0 aromatic carbocycles. The molecule has 3 rings (SSSR count). The molecule has 0 saturated carbocycles. The maximum absolute atomic E-state index is 12.1. The number of halogens is 1. The first-order valence-corrected chi connectivity index (χ1v) is 7.81. The number of Topliss-reactive ketones (excluding diaryl/α,β-unsaturated/α-hetero) is 1. The molecular formula is C14H13BrN2OS. The molecule has 2 heterocycles. The summed E-state index contributed by atoms with van der Waals surface area (Å²) < 4.78 is 0.999. The summed E-state index contributed by atoms with van der Waals surface area (Å²) in [7, 11) is 0. The molecule has 0 bridgehead atoms. The lowest BCUT2D eigenvalue weighted by Gasteiger charge is -2.29. The molecule has 0 atom stereocenters. The van der Waals surface area contributed by atoms with Gasteiger partial charge in [-0.05, 0) is 27.8 Å². The highest BCUT2D eigenvalue weighted by atomic mass is 79.9. The molecular weight excluding hydrogens is 324 g/mol. The molecule has 0 saturated heterocycles. The minimum Gasteiger partial charge on any atom is -0.294 e. The van der Waals surface area contributed by atoms with Crippen molar-refractivity contribution in [3.05, 3.63) is 32.7 Å². The van der Waals surface area contributed by atoms with Crippen LogP contribution >= 0.6 is 27.3 Å². The minimum atomic E-state index is -0.0123. The molecule has 0 spiro atoms. The van der Waals surface area contributed by atoms with E-state index < -0.39 is 0 Å². The monoisotopic (exact) mass is 336 g/mol. The molecule has 0 N–H and O–H groups in total. The average molecular weight is 337 g/mol. The quantitative estimate of drug-likeness (QED) is 0.786. The number of carbonyl (C=O) groups is 1. The predicted octanol–water partition coefficient (Wildman–Crippen LogP) is 4.12. The molecule has 98 valence electrons. The van der Waals surface area contributed by atoms with Crippen LogP contribution in [0.1, 0.15) is 36.3 Å². The Morgan fingerprint density at radius 2 is 2.05 bits per heavy atom. The zero-order valence-corrected chi connectivity index (χ0v) is 13.1. The van der Waals surface area contributed by atoms with Crippen LogP contribution in [0.15, 0.2) is 21.4 Å². The van der Waals surface area contributed by atoms with Crippen LogP contribution in [0.5, 0.6) is 0 Å². The van der Waals surface area contributed by atoms with Crippen molar-refractivity contribution >= 4 is 33.0 Å². The number of rotatable bonds is 1. The van der Waals surface area contributed by atoms with Crippen LogP contribution in [0.4, 0.5) is 0 Å². The zero-order valence-electron chi connectivity index (χ0n) is 10.7. The summed E-state index contributed by atoms with van der Waals surface area (Å²) >= 11 is 5.10. The maximum atomic E-state index is 12.1. The van der Waals surface area contributed by atoms with Gasteiger partial charge in [-0.3, -0.25) is 4.79 Å². The van der Waals surface area contributed by atoms with Gasteiger partial charge in [-0.15, -0.1) is 0 Å². The molecule has 2 aromatic heterocycles. The fourth-order valence-electron chi connectivity index (χ4n) is 2.40. The number of fused-ring (bicyclic) bond motifs is 1. The van der Waals surface area contributed by atoms with Crippen LogP contribution in [0.3, 0.4) is 0 Å². The van der Waals surface area contributed by atoms with Gasteiger partial charge in [0.25, 0.3) is 0 Å². The number of nitrogens with zero attached hydrogens (tertiary/aromatic N) is 2. The van der Waals surface area contributed by atoms with Crippen LogP contribution in [-0.4, -0.2) is 15.8 Å². The van der Waals surface area contributed by atoms with Gasteiger partial charge in [0.15, 0.2) is 11.6 Å². The van der Waals surface area contributed by atoms with E-state index in [1.165, 1.54) is 0 Å². The Hall–Kier alpha value is -1.07. The largest absolute Gasteiger partial charge is 0.294 e. The van der Waals surface area contributed by atoms with Crippen molar-refractivity contribution in [2.24, 2.45) is 5.41 Å². The van der Waals surface area contributed by atoms with E-state index >= 15 is 0 Å². The van der Waals surface area contributed by atoms with E-state index in [0.717, 1.165) is 22.2 Å². The van der Waals surface area contributed by atoms with Crippen molar-refractivity contribution < 1.29 is 4.79 Å². The predicted molar refractivity (Wildman–Crippen MR) is 79.5 cm³/mol. The van der Waals surface area contributed by atoms with E-state index in [9.17, 15) is 4.79 Å². The number of hydrogen-bond donors (Lipinski definition) is 0. The second kappa shape index (κ2) is 4.49. The third kappa shape index (κ3) is 2.37. The number of ketones is 1. The Morgan fingerprint density at radius 1 is 1.26 bits per heavy atom. The van der Waals surface area contributed by atoms with Crippen LogP contribution in [0.2, 0.25) is 0 Å². The van der Waals surface area contributed by atoms with E-state index in [2.05, 4.69) is 39.7 Å². The maximum Gasteiger partial charge on any atom is 0.166 e. The minimum absolute atomic E-state index is 0.0123. The summed E-state index contributed by atoms with van der Waals surface area (Å²) in [6.07, 6.45) is 3.08. The fraction of sp³-hybridized carbons (Fsp3) is 0.357. The number of hydrogen-bond acceptors (Lipinski definition) is 4. The van der Waals surface area contributed by atoms with E-state index in [4.69, 9.17) is 0 Å². The van der Waals surface area contributed by atoms with Gasteiger partial charge in [0, 0.05) is 33.4 Å². The van der Waals surface area contributed by atoms with Crippen molar-refractivity contribution in [3.8, 4) is 11.4 Å². The molecule has 2 aromatic rings. The fourth-order valence-corrected chi connectivity index (χ4v) is 3.85. The Labute approximate surface area is 124 Å². The molecule has 1 aliphatic rings. The summed E-state index contributed by atoms with van der Waals surface area (Å²) in [6.45, 7) is 4.21. The molecule has 19 heavy (non-hydrogen) atoms. The van der Waals surface area contributed by atoms with Gasteiger partial charge in [-0.2, -0.15) is 11.3 Å². The molecule has 3 nitrogen and oxygen atoms in total. The van der Waals surface area contributed by atoms with Crippen molar-refractivity contribution in [1.82, 2.24) is 9.97 Å². The highest BCUT2D eigenvalue weighted by Crippen LogP contribution is 2.35. The van der Waals surface area contributed by atoms with E-state index in [-0.39, 0.29) is 11.2 Å². The van der Waals surface area contributed by atoms with Crippen molar-refractivity contribution in [3.63, 3.8) is 0 Å². The standard InChI is InChI=1S/C14H13BrN2OS/c1-14(2)3-11-8(12(18)4-14)5-16-13(17-11)9-6-19-7-10(9)15/h5-7H,3-4H2,1-2H3. The first-order valence-electron chi connectivity index (χ1n) is 6.07. The number of thiophene rings is 1. The van der Waals surface area contributed by atoms with Gasteiger partial charge >= 0.3 is 0 Å². The third-order valence-corrected chi connectivity index (χ3v) is 5.01. The highest BCUT2D eigenvalue weighted by molar-refractivity contribution is 9.10. The van der Waals surface area contributed by atoms with Gasteiger partial charge < -0.3 is 0 Å². The van der Waals surface area contributed by atoms with Crippen LogP contribution < -0.4 is 0 Å². The number of carbonyl (C=O) groups excluding carboxylic acids is 1. The summed E-state index contributed by atoms with van der Waals surface area (Å²) in [5.41, 5.74) is 2.55. The topological polar surface area (TPSA) is 42.9 Å². The smallest absolute Gasteiger partial charge is 0.166 e. The van der Waals surface area contributed by atoms with Crippen molar-refractivity contribution in [2.75, 3.05) is 0 Å². The molecule has 0 amide bonds. The Bertz CT molecular complexity index is 663. The van der Waals surface area contributed by atoms with Gasteiger partial charge in [0.05, 0.1) is 11.3 Å². The van der Waals surface area contributed by atoms with Crippen molar-refractivity contribution in [2.45, 2.75) is 26.7 Å². The molecule has 0 radical (unpaired) electrons. The van der Waals surface area contributed by atoms with Gasteiger partial charge in [0.1, 0.15) is 0 Å². The summed E-state index contributed by atoms with van der Waals surface area (Å²) in [4.78, 5) is 21.0. The van der Waals surface area contributed by atoms with Crippen LogP contribution in [-0.2, 0) is 6.42 Å². The van der Waals surface area contributed by atoms with Gasteiger partial charge in [-0.1, -0.05) is 13.8 Å². The SMILES string of the molecule is CC1(C)CC(=O)c2cnc(-c3cscc3Br)nc2C1. The van der Waals surface area contributed by atoms with E-state index in [1.807, 2.05) is 10.8 Å². The average Bonchev–Trinajstić information content (AvgIpc) is 2.73. The molecule has 5 heteroatoms. The lowest BCUT2D eigenvalue weighted by molar-refractivity contribution is 0.0910. The van der Waals surface area contributed by atoms with Crippen molar-refractivity contribution in [1.29, 1.82) is 0 Å². The van der Waals surface area contributed by atoms with Crippen LogP contribution in [0.25, 0.3) is 11.4 Å². The zero-order chi connectivity index (χ0) is 13.6. The third-order valence-electron chi connectivity index (χ3n) is 3.31. The Morgan fingerprint density at radius 3 is 2.74 bits per heavy atom. The Balaban J connectivity index is 2.10. The first-order chi connectivity index (χ1) is 8.96. The van der Waals surface area contributed by atoms with Gasteiger partial charge in [-0.25, -0.2) is 9.97 Å². The summed E-state index contributed by atoms with van der Waals surface area (Å²) in [5.74, 6) is 0.847. The lowest BCUT2D eigenvalue weighted by atomic mass is 9.76. The summed E-state index contributed by atoms with van der Waals surface area (Å²) in [6, 6.07) is 0. The second-order valence-corrected chi connectivity index (χ2v) is 7.23. The molecule has 0 aliphatic heterocycles. The van der Waals surface area contributed by atoms with E-state index in [1.54, 1.807) is 17.5 Å². The first kappa shape index (κ1) is 12.9. The normalized spacial score (nSPS) is 17.3. The number of aromatic nitrogens is 2. The van der Waals surface area contributed by atoms with E-state index in [0.29, 0.717) is 17.8 Å².